The monoisotopic (exact) mass is 226 g/mol. The van der Waals surface area contributed by atoms with Crippen molar-refractivity contribution in [3.8, 4) is 0 Å². The lowest BCUT2D eigenvalue weighted by atomic mass is 9.93. The molecule has 1 aliphatic heterocycles. The van der Waals surface area contributed by atoms with Crippen LogP contribution in [0.15, 0.2) is 0 Å². The number of amides is 1. The minimum Gasteiger partial charge on any atom is -0.353 e. The SMILES string of the molecule is CCC(CC)NC(=O)CCC1CCNCC1. The fraction of sp³-hybridized carbons (Fsp3) is 0.923. The second-order valence-electron chi connectivity index (χ2n) is 4.81. The Morgan fingerprint density at radius 2 is 1.94 bits per heavy atom. The topological polar surface area (TPSA) is 41.1 Å². The highest BCUT2D eigenvalue weighted by Gasteiger charge is 2.15. The summed E-state index contributed by atoms with van der Waals surface area (Å²) in [7, 11) is 0. The van der Waals surface area contributed by atoms with Gasteiger partial charge in [0.15, 0.2) is 0 Å². The smallest absolute Gasteiger partial charge is 0.220 e. The van der Waals surface area contributed by atoms with Crippen molar-refractivity contribution < 1.29 is 4.79 Å². The summed E-state index contributed by atoms with van der Waals surface area (Å²) in [5.41, 5.74) is 0. The molecule has 1 aliphatic rings. The number of rotatable bonds is 6. The molecule has 0 atom stereocenters. The van der Waals surface area contributed by atoms with E-state index >= 15 is 0 Å². The standard InChI is InChI=1S/C13H26N2O/c1-3-12(4-2)15-13(16)6-5-11-7-9-14-10-8-11/h11-12,14H,3-10H2,1-2H3,(H,15,16). The van der Waals surface area contributed by atoms with E-state index in [9.17, 15) is 4.79 Å². The molecule has 1 fully saturated rings. The van der Waals surface area contributed by atoms with Gasteiger partial charge in [-0.1, -0.05) is 13.8 Å². The molecule has 0 radical (unpaired) electrons. The zero-order valence-electron chi connectivity index (χ0n) is 10.7. The van der Waals surface area contributed by atoms with Gasteiger partial charge in [-0.05, 0) is 51.1 Å². The maximum absolute atomic E-state index is 11.7. The van der Waals surface area contributed by atoms with Gasteiger partial charge < -0.3 is 10.6 Å². The van der Waals surface area contributed by atoms with Gasteiger partial charge in [0.25, 0.3) is 0 Å². The van der Waals surface area contributed by atoms with Gasteiger partial charge in [-0.15, -0.1) is 0 Å². The van der Waals surface area contributed by atoms with E-state index < -0.39 is 0 Å². The lowest BCUT2D eigenvalue weighted by Gasteiger charge is -2.22. The summed E-state index contributed by atoms with van der Waals surface area (Å²) >= 11 is 0. The molecule has 0 unspecified atom stereocenters. The number of carbonyl (C=O) groups excluding carboxylic acids is 1. The van der Waals surface area contributed by atoms with Crippen molar-refractivity contribution in [1.29, 1.82) is 0 Å². The van der Waals surface area contributed by atoms with Gasteiger partial charge in [-0.25, -0.2) is 0 Å². The van der Waals surface area contributed by atoms with Gasteiger partial charge in [-0.2, -0.15) is 0 Å². The minimum absolute atomic E-state index is 0.243. The van der Waals surface area contributed by atoms with Crippen LogP contribution in [0.3, 0.4) is 0 Å². The Morgan fingerprint density at radius 1 is 1.31 bits per heavy atom. The van der Waals surface area contributed by atoms with Crippen molar-refractivity contribution in [3.63, 3.8) is 0 Å². The van der Waals surface area contributed by atoms with Gasteiger partial charge in [-0.3, -0.25) is 4.79 Å². The van der Waals surface area contributed by atoms with Crippen molar-refractivity contribution in [1.82, 2.24) is 10.6 Å². The minimum atomic E-state index is 0.243. The molecule has 1 amide bonds. The van der Waals surface area contributed by atoms with E-state index in [2.05, 4.69) is 24.5 Å². The highest BCUT2D eigenvalue weighted by Crippen LogP contribution is 2.17. The summed E-state index contributed by atoms with van der Waals surface area (Å²) in [6.45, 7) is 6.50. The van der Waals surface area contributed by atoms with E-state index in [4.69, 9.17) is 0 Å². The first-order chi connectivity index (χ1) is 7.76. The second kappa shape index (κ2) is 7.66. The Labute approximate surface area is 99.4 Å². The first-order valence-electron chi connectivity index (χ1n) is 6.76. The molecule has 0 saturated carbocycles. The van der Waals surface area contributed by atoms with Crippen molar-refractivity contribution >= 4 is 5.91 Å². The number of hydrogen-bond donors (Lipinski definition) is 2. The molecule has 1 saturated heterocycles. The van der Waals surface area contributed by atoms with Crippen LogP contribution >= 0.6 is 0 Å². The largest absolute Gasteiger partial charge is 0.353 e. The highest BCUT2D eigenvalue weighted by molar-refractivity contribution is 5.76. The quantitative estimate of drug-likeness (QED) is 0.728. The predicted octanol–water partition coefficient (Wildman–Crippen LogP) is 2.07. The van der Waals surface area contributed by atoms with E-state index in [1.54, 1.807) is 0 Å². The third-order valence-corrected chi connectivity index (χ3v) is 3.59. The molecular formula is C13H26N2O. The summed E-state index contributed by atoms with van der Waals surface area (Å²) in [4.78, 5) is 11.7. The zero-order valence-corrected chi connectivity index (χ0v) is 10.7. The van der Waals surface area contributed by atoms with Gasteiger partial charge in [0, 0.05) is 12.5 Å². The van der Waals surface area contributed by atoms with Crippen molar-refractivity contribution in [2.75, 3.05) is 13.1 Å². The van der Waals surface area contributed by atoms with Gasteiger partial charge in [0.2, 0.25) is 5.91 Å². The zero-order chi connectivity index (χ0) is 11.8. The summed E-state index contributed by atoms with van der Waals surface area (Å²) in [5, 5.41) is 6.45. The molecule has 0 spiro atoms. The number of nitrogens with one attached hydrogen (secondary N) is 2. The van der Waals surface area contributed by atoms with Gasteiger partial charge in [0.05, 0.1) is 0 Å². The van der Waals surface area contributed by atoms with Crippen LogP contribution in [0.2, 0.25) is 0 Å². The van der Waals surface area contributed by atoms with Crippen LogP contribution in [-0.2, 0) is 4.79 Å². The molecule has 0 aromatic heterocycles. The highest BCUT2D eigenvalue weighted by atomic mass is 16.1. The number of piperidine rings is 1. The molecule has 1 rings (SSSR count). The van der Waals surface area contributed by atoms with E-state index in [-0.39, 0.29) is 5.91 Å². The summed E-state index contributed by atoms with van der Waals surface area (Å²) in [5.74, 6) is 1.00. The maximum atomic E-state index is 11.7. The average molecular weight is 226 g/mol. The molecular weight excluding hydrogens is 200 g/mol. The summed E-state index contributed by atoms with van der Waals surface area (Å²) in [6.07, 6.45) is 6.32. The third kappa shape index (κ3) is 4.97. The molecule has 0 aromatic carbocycles. The molecule has 0 bridgehead atoms. The Balaban J connectivity index is 2.13. The fourth-order valence-corrected chi connectivity index (χ4v) is 2.30. The predicted molar refractivity (Wildman–Crippen MR) is 67.3 cm³/mol. The molecule has 3 heteroatoms. The molecule has 1 heterocycles. The first kappa shape index (κ1) is 13.5. The molecule has 2 N–H and O–H groups in total. The normalized spacial score (nSPS) is 17.7. The van der Waals surface area contributed by atoms with E-state index in [1.807, 2.05) is 0 Å². The Morgan fingerprint density at radius 3 is 2.50 bits per heavy atom. The van der Waals surface area contributed by atoms with E-state index in [1.165, 1.54) is 12.8 Å². The Bertz CT molecular complexity index is 196. The summed E-state index contributed by atoms with van der Waals surface area (Å²) < 4.78 is 0. The van der Waals surface area contributed by atoms with Crippen LogP contribution in [0.4, 0.5) is 0 Å². The van der Waals surface area contributed by atoms with Crippen molar-refractivity contribution in [3.05, 3.63) is 0 Å². The van der Waals surface area contributed by atoms with E-state index in [0.29, 0.717) is 12.5 Å². The molecule has 3 nitrogen and oxygen atoms in total. The first-order valence-corrected chi connectivity index (χ1v) is 6.76. The molecule has 0 aromatic rings. The summed E-state index contributed by atoms with van der Waals surface area (Å²) in [6, 6.07) is 0.375. The van der Waals surface area contributed by atoms with Crippen LogP contribution in [-0.4, -0.2) is 25.0 Å². The lowest BCUT2D eigenvalue weighted by molar-refractivity contribution is -0.122. The molecule has 0 aliphatic carbocycles. The van der Waals surface area contributed by atoms with Gasteiger partial charge in [0.1, 0.15) is 0 Å². The van der Waals surface area contributed by atoms with Crippen LogP contribution in [0, 0.1) is 5.92 Å². The van der Waals surface area contributed by atoms with Crippen LogP contribution in [0.25, 0.3) is 0 Å². The fourth-order valence-electron chi connectivity index (χ4n) is 2.30. The van der Waals surface area contributed by atoms with Crippen LogP contribution in [0.5, 0.6) is 0 Å². The maximum Gasteiger partial charge on any atom is 0.220 e. The van der Waals surface area contributed by atoms with Crippen molar-refractivity contribution in [2.45, 2.75) is 58.4 Å². The van der Waals surface area contributed by atoms with Crippen LogP contribution in [0.1, 0.15) is 52.4 Å². The Kier molecular flexibility index (Phi) is 6.46. The number of carbonyl (C=O) groups is 1. The lowest BCUT2D eigenvalue weighted by Crippen LogP contribution is -2.34. The Hall–Kier alpha value is -0.570. The molecule has 94 valence electrons. The van der Waals surface area contributed by atoms with Crippen molar-refractivity contribution in [2.24, 2.45) is 5.92 Å². The second-order valence-corrected chi connectivity index (χ2v) is 4.81. The van der Waals surface area contributed by atoms with Crippen LogP contribution < -0.4 is 10.6 Å². The van der Waals surface area contributed by atoms with E-state index in [0.717, 1.165) is 38.3 Å². The molecule has 16 heavy (non-hydrogen) atoms. The third-order valence-electron chi connectivity index (χ3n) is 3.59. The number of hydrogen-bond acceptors (Lipinski definition) is 2. The van der Waals surface area contributed by atoms with Gasteiger partial charge >= 0.3 is 0 Å². The average Bonchev–Trinajstić information content (AvgIpc) is 2.34.